The topological polar surface area (TPSA) is 81.1 Å². The molecule has 208 valence electrons. The van der Waals surface area contributed by atoms with Gasteiger partial charge in [0.25, 0.3) is 0 Å². The first-order valence-electron chi connectivity index (χ1n) is 12.6. The highest BCUT2D eigenvalue weighted by Gasteiger charge is 2.31. The Balaban J connectivity index is 1.33. The first-order chi connectivity index (χ1) is 19.0. The molecule has 4 rings (SSSR count). The summed E-state index contributed by atoms with van der Waals surface area (Å²) < 4.78 is 42.5. The van der Waals surface area contributed by atoms with Crippen LogP contribution < -0.4 is 15.4 Å². The Hall–Kier alpha value is -4.25. The molecule has 0 radical (unpaired) electrons. The van der Waals surface area contributed by atoms with Gasteiger partial charge in [0.2, 0.25) is 0 Å². The van der Waals surface area contributed by atoms with E-state index in [0.717, 1.165) is 27.8 Å². The molecule has 0 aliphatic rings. The second kappa shape index (κ2) is 12.3. The standard InChI is InChI=1S/C29H28F3N5O2S/c1-18(2)25-15-19(3)7-12-24(25)27(40)35-28(38)33-14-13-20-5-4-6-21(16-20)26-34-17-37(36-26)22-8-10-23(11-9-22)39-29(30,31)32/h4-12,15-18H,13-14H2,1-3H3,(H2,33,35,38,40). The summed E-state index contributed by atoms with van der Waals surface area (Å²) >= 11 is 5.49. The highest BCUT2D eigenvalue weighted by atomic mass is 32.1. The van der Waals surface area contributed by atoms with Crippen LogP contribution >= 0.6 is 12.2 Å². The molecule has 40 heavy (non-hydrogen) atoms. The van der Waals surface area contributed by atoms with E-state index in [9.17, 15) is 18.0 Å². The van der Waals surface area contributed by atoms with Gasteiger partial charge in [-0.2, -0.15) is 0 Å². The predicted molar refractivity (Wildman–Crippen MR) is 151 cm³/mol. The number of hydrogen-bond donors (Lipinski definition) is 2. The fourth-order valence-corrected chi connectivity index (χ4v) is 4.37. The van der Waals surface area contributed by atoms with Gasteiger partial charge in [-0.1, -0.05) is 68.0 Å². The number of amides is 2. The third kappa shape index (κ3) is 7.66. The van der Waals surface area contributed by atoms with Crippen LogP contribution in [0.3, 0.4) is 0 Å². The highest BCUT2D eigenvalue weighted by molar-refractivity contribution is 7.80. The minimum atomic E-state index is -4.75. The van der Waals surface area contributed by atoms with E-state index in [1.54, 1.807) is 0 Å². The first-order valence-corrected chi connectivity index (χ1v) is 13.0. The number of aryl methyl sites for hydroxylation is 1. The second-order valence-corrected chi connectivity index (χ2v) is 9.87. The molecule has 0 fully saturated rings. The van der Waals surface area contributed by atoms with Gasteiger partial charge in [-0.3, -0.25) is 5.32 Å². The van der Waals surface area contributed by atoms with Gasteiger partial charge in [-0.25, -0.2) is 14.5 Å². The summed E-state index contributed by atoms with van der Waals surface area (Å²) in [6.07, 6.45) is -2.70. The quantitative estimate of drug-likeness (QED) is 0.238. The molecule has 11 heteroatoms. The van der Waals surface area contributed by atoms with Crippen molar-refractivity contribution in [1.29, 1.82) is 0 Å². The van der Waals surface area contributed by atoms with Crippen molar-refractivity contribution in [2.24, 2.45) is 0 Å². The Labute approximate surface area is 235 Å². The van der Waals surface area contributed by atoms with Gasteiger partial charge in [-0.05, 0) is 60.7 Å². The first kappa shape index (κ1) is 28.8. The lowest BCUT2D eigenvalue weighted by atomic mass is 9.95. The molecule has 2 N–H and O–H groups in total. The van der Waals surface area contributed by atoms with Crippen LogP contribution in [0.4, 0.5) is 18.0 Å². The Kier molecular flexibility index (Phi) is 8.83. The molecular formula is C29H28F3N5O2S. The SMILES string of the molecule is Cc1ccc(C(=S)NC(=O)NCCc2cccc(-c3ncn(-c4ccc(OC(F)(F)F)cc4)n3)c2)c(C(C)C)c1. The van der Waals surface area contributed by atoms with Crippen molar-refractivity contribution in [1.82, 2.24) is 25.4 Å². The van der Waals surface area contributed by atoms with Gasteiger partial charge in [0, 0.05) is 17.7 Å². The summed E-state index contributed by atoms with van der Waals surface area (Å²) in [5, 5.41) is 10.0. The fraction of sp³-hybridized carbons (Fsp3) is 0.241. The average Bonchev–Trinajstić information content (AvgIpc) is 3.39. The fourth-order valence-electron chi connectivity index (χ4n) is 4.09. The number of rotatable bonds is 8. The summed E-state index contributed by atoms with van der Waals surface area (Å²) in [5.41, 5.74) is 5.33. The maximum absolute atomic E-state index is 12.5. The van der Waals surface area contributed by atoms with E-state index in [1.165, 1.54) is 35.3 Å². The van der Waals surface area contributed by atoms with E-state index in [-0.39, 0.29) is 17.7 Å². The summed E-state index contributed by atoms with van der Waals surface area (Å²) in [5.74, 6) is 0.403. The van der Waals surface area contributed by atoms with E-state index in [4.69, 9.17) is 12.2 Å². The third-order valence-corrected chi connectivity index (χ3v) is 6.33. The maximum Gasteiger partial charge on any atom is 0.573 e. The van der Waals surface area contributed by atoms with Crippen molar-refractivity contribution >= 4 is 23.2 Å². The van der Waals surface area contributed by atoms with Crippen molar-refractivity contribution in [3.05, 3.63) is 95.3 Å². The molecule has 0 unspecified atom stereocenters. The normalized spacial score (nSPS) is 11.4. The van der Waals surface area contributed by atoms with Crippen molar-refractivity contribution in [3.63, 3.8) is 0 Å². The van der Waals surface area contributed by atoms with Gasteiger partial charge in [0.15, 0.2) is 5.82 Å². The predicted octanol–water partition coefficient (Wildman–Crippen LogP) is 6.48. The Morgan fingerprint density at radius 2 is 1.82 bits per heavy atom. The van der Waals surface area contributed by atoms with E-state index in [0.29, 0.717) is 29.5 Å². The zero-order chi connectivity index (χ0) is 28.9. The summed E-state index contributed by atoms with van der Waals surface area (Å²) in [4.78, 5) is 17.2. The molecular weight excluding hydrogens is 539 g/mol. The van der Waals surface area contributed by atoms with Gasteiger partial charge < -0.3 is 10.1 Å². The number of carbonyl (C=O) groups is 1. The molecule has 0 aliphatic heterocycles. The van der Waals surface area contributed by atoms with Gasteiger partial charge >= 0.3 is 12.4 Å². The van der Waals surface area contributed by atoms with E-state index in [2.05, 4.69) is 45.4 Å². The van der Waals surface area contributed by atoms with Crippen LogP contribution in [0.2, 0.25) is 0 Å². The van der Waals surface area contributed by atoms with Crippen molar-refractivity contribution in [3.8, 4) is 22.8 Å². The van der Waals surface area contributed by atoms with Gasteiger partial charge in [-0.15, -0.1) is 18.3 Å². The lowest BCUT2D eigenvalue weighted by molar-refractivity contribution is -0.274. The Morgan fingerprint density at radius 1 is 1.07 bits per heavy atom. The molecule has 0 aliphatic carbocycles. The summed E-state index contributed by atoms with van der Waals surface area (Å²) in [6, 6.07) is 18.5. The molecule has 0 saturated heterocycles. The third-order valence-electron chi connectivity index (χ3n) is 6.01. The zero-order valence-corrected chi connectivity index (χ0v) is 22.9. The number of ether oxygens (including phenoxy) is 1. The van der Waals surface area contributed by atoms with Crippen molar-refractivity contribution in [2.45, 2.75) is 39.5 Å². The van der Waals surface area contributed by atoms with Crippen LogP contribution in [0.15, 0.2) is 73.1 Å². The largest absolute Gasteiger partial charge is 0.573 e. The molecule has 0 bridgehead atoms. The molecule has 1 heterocycles. The van der Waals surface area contributed by atoms with Crippen LogP contribution in [0.5, 0.6) is 5.75 Å². The van der Waals surface area contributed by atoms with Crippen LogP contribution in [0.25, 0.3) is 17.1 Å². The zero-order valence-electron chi connectivity index (χ0n) is 22.1. The molecule has 7 nitrogen and oxygen atoms in total. The maximum atomic E-state index is 12.5. The number of urea groups is 1. The Morgan fingerprint density at radius 3 is 2.52 bits per heavy atom. The minimum Gasteiger partial charge on any atom is -0.406 e. The lowest BCUT2D eigenvalue weighted by Crippen LogP contribution is -2.40. The minimum absolute atomic E-state index is 0.268. The average molecular weight is 568 g/mol. The van der Waals surface area contributed by atoms with Crippen molar-refractivity contribution < 1.29 is 22.7 Å². The molecule has 1 aromatic heterocycles. The Bertz CT molecular complexity index is 1500. The molecule has 0 saturated carbocycles. The van der Waals surface area contributed by atoms with Crippen LogP contribution in [-0.4, -0.2) is 38.7 Å². The van der Waals surface area contributed by atoms with E-state index < -0.39 is 6.36 Å². The second-order valence-electron chi connectivity index (χ2n) is 9.46. The molecule has 0 spiro atoms. The van der Waals surface area contributed by atoms with Gasteiger partial charge in [0.05, 0.1) is 5.69 Å². The van der Waals surface area contributed by atoms with Crippen LogP contribution in [-0.2, 0) is 6.42 Å². The van der Waals surface area contributed by atoms with E-state index >= 15 is 0 Å². The van der Waals surface area contributed by atoms with E-state index in [1.807, 2.05) is 43.3 Å². The van der Waals surface area contributed by atoms with Gasteiger partial charge in [0.1, 0.15) is 17.1 Å². The summed E-state index contributed by atoms with van der Waals surface area (Å²) in [6.45, 7) is 6.58. The number of alkyl halides is 3. The lowest BCUT2D eigenvalue weighted by Gasteiger charge is -2.15. The number of nitrogens with one attached hydrogen (secondary N) is 2. The molecule has 2 amide bonds. The number of nitrogens with zero attached hydrogens (tertiary/aromatic N) is 3. The van der Waals surface area contributed by atoms with Crippen LogP contribution in [0.1, 0.15) is 42.0 Å². The number of thiocarbonyl (C=S) groups is 1. The smallest absolute Gasteiger partial charge is 0.406 e. The summed E-state index contributed by atoms with van der Waals surface area (Å²) in [7, 11) is 0. The van der Waals surface area contributed by atoms with Crippen molar-refractivity contribution in [2.75, 3.05) is 6.54 Å². The molecule has 4 aromatic rings. The number of aromatic nitrogens is 3. The number of halogens is 3. The molecule has 3 aromatic carbocycles. The molecule has 0 atom stereocenters. The number of hydrogen-bond acceptors (Lipinski definition) is 5. The van der Waals surface area contributed by atoms with Crippen LogP contribution in [0, 0.1) is 6.92 Å². The highest BCUT2D eigenvalue weighted by Crippen LogP contribution is 2.24. The monoisotopic (exact) mass is 567 g/mol. The number of carbonyl (C=O) groups excluding carboxylic acids is 1. The number of benzene rings is 3.